The van der Waals surface area contributed by atoms with E-state index >= 15 is 0 Å². The second kappa shape index (κ2) is 5.21. The minimum Gasteiger partial charge on any atom is -0.411 e. The first-order valence-electron chi connectivity index (χ1n) is 6.12. The number of oxime groups is 1. The smallest absolute Gasteiger partial charge is 0.219 e. The van der Waals surface area contributed by atoms with E-state index in [-0.39, 0.29) is 17.7 Å². The second-order valence-electron chi connectivity index (χ2n) is 4.79. The molecule has 1 aliphatic rings. The lowest BCUT2D eigenvalue weighted by Gasteiger charge is -2.17. The van der Waals surface area contributed by atoms with Crippen LogP contribution >= 0.6 is 0 Å². The molecule has 1 aromatic rings. The molecular weight excluding hydrogens is 228 g/mol. The molecule has 0 aliphatic carbocycles. The maximum Gasteiger partial charge on any atom is 0.219 e. The van der Waals surface area contributed by atoms with Gasteiger partial charge >= 0.3 is 0 Å². The molecular formula is C14H18N2O2. The molecule has 2 rings (SSSR count). The molecule has 96 valence electrons. The van der Waals surface area contributed by atoms with Crippen LogP contribution in [0.3, 0.4) is 0 Å². The second-order valence-corrected chi connectivity index (χ2v) is 4.79. The summed E-state index contributed by atoms with van der Waals surface area (Å²) in [4.78, 5) is 13.3. The molecule has 1 amide bonds. The van der Waals surface area contributed by atoms with Crippen LogP contribution in [0.4, 0.5) is 0 Å². The predicted molar refractivity (Wildman–Crippen MR) is 69.8 cm³/mol. The molecule has 0 radical (unpaired) electrons. The van der Waals surface area contributed by atoms with Crippen molar-refractivity contribution >= 4 is 11.6 Å². The molecule has 1 aliphatic heterocycles. The molecule has 1 saturated heterocycles. The Morgan fingerprint density at radius 1 is 1.28 bits per heavy atom. The summed E-state index contributed by atoms with van der Waals surface area (Å²) in [6.07, 6.45) is 0. The lowest BCUT2D eigenvalue weighted by atomic mass is 9.86. The van der Waals surface area contributed by atoms with Gasteiger partial charge in [0.1, 0.15) is 0 Å². The zero-order valence-electron chi connectivity index (χ0n) is 10.7. The molecule has 4 nitrogen and oxygen atoms in total. The van der Waals surface area contributed by atoms with Gasteiger partial charge in [0.15, 0.2) is 0 Å². The fourth-order valence-electron chi connectivity index (χ4n) is 2.60. The van der Waals surface area contributed by atoms with Crippen molar-refractivity contribution in [3.63, 3.8) is 0 Å². The SMILES string of the molecule is CC(=O)N1C[C@@H](/C(C)=N/O)[C@H](c2ccccc2)C1. The van der Waals surface area contributed by atoms with Crippen molar-refractivity contribution in [2.24, 2.45) is 11.1 Å². The molecule has 1 fully saturated rings. The summed E-state index contributed by atoms with van der Waals surface area (Å²) in [5, 5.41) is 12.3. The highest BCUT2D eigenvalue weighted by Gasteiger charge is 2.36. The minimum atomic E-state index is 0.0733. The molecule has 4 heteroatoms. The standard InChI is InChI=1S/C14H18N2O2/c1-10(15-18)13-8-16(11(2)17)9-14(13)12-6-4-3-5-7-12/h3-7,13-14,18H,8-9H2,1-2H3/b15-10+/t13-,14-/m0/s1. The summed E-state index contributed by atoms with van der Waals surface area (Å²) in [5.74, 6) is 0.386. The van der Waals surface area contributed by atoms with Crippen LogP contribution in [0.5, 0.6) is 0 Å². The Morgan fingerprint density at radius 2 is 1.94 bits per heavy atom. The number of benzene rings is 1. The fourth-order valence-corrected chi connectivity index (χ4v) is 2.60. The molecule has 0 aromatic heterocycles. The number of hydrogen-bond acceptors (Lipinski definition) is 3. The van der Waals surface area contributed by atoms with Crippen LogP contribution in [0.15, 0.2) is 35.5 Å². The Balaban J connectivity index is 2.29. The van der Waals surface area contributed by atoms with Crippen molar-refractivity contribution in [1.82, 2.24) is 4.90 Å². The molecule has 0 saturated carbocycles. The van der Waals surface area contributed by atoms with Gasteiger partial charge in [0, 0.05) is 31.8 Å². The molecule has 0 spiro atoms. The largest absolute Gasteiger partial charge is 0.411 e. The van der Waals surface area contributed by atoms with Crippen molar-refractivity contribution in [2.75, 3.05) is 13.1 Å². The van der Waals surface area contributed by atoms with Crippen LogP contribution < -0.4 is 0 Å². The van der Waals surface area contributed by atoms with E-state index in [1.807, 2.05) is 30.0 Å². The van der Waals surface area contributed by atoms with Crippen LogP contribution in [-0.4, -0.2) is 34.8 Å². The van der Waals surface area contributed by atoms with E-state index in [4.69, 9.17) is 5.21 Å². The van der Waals surface area contributed by atoms with E-state index in [2.05, 4.69) is 17.3 Å². The van der Waals surface area contributed by atoms with E-state index in [9.17, 15) is 4.79 Å². The minimum absolute atomic E-state index is 0.0733. The Morgan fingerprint density at radius 3 is 2.50 bits per heavy atom. The van der Waals surface area contributed by atoms with E-state index < -0.39 is 0 Å². The van der Waals surface area contributed by atoms with Crippen LogP contribution in [0.1, 0.15) is 25.3 Å². The number of hydrogen-bond donors (Lipinski definition) is 1. The number of carbonyl (C=O) groups is 1. The Hall–Kier alpha value is -1.84. The maximum absolute atomic E-state index is 11.5. The van der Waals surface area contributed by atoms with Gasteiger partial charge in [-0.15, -0.1) is 0 Å². The normalized spacial score (nSPS) is 24.3. The van der Waals surface area contributed by atoms with Gasteiger partial charge in [0.2, 0.25) is 5.91 Å². The van der Waals surface area contributed by atoms with Gasteiger partial charge in [-0.1, -0.05) is 35.5 Å². The van der Waals surface area contributed by atoms with E-state index in [1.54, 1.807) is 6.92 Å². The summed E-state index contributed by atoms with van der Waals surface area (Å²) in [7, 11) is 0. The lowest BCUT2D eigenvalue weighted by molar-refractivity contribution is -0.127. The number of amides is 1. The van der Waals surface area contributed by atoms with Crippen molar-refractivity contribution < 1.29 is 10.0 Å². The molecule has 1 N–H and O–H groups in total. The Bertz CT molecular complexity index is 456. The highest BCUT2D eigenvalue weighted by Crippen LogP contribution is 2.33. The zero-order valence-corrected chi connectivity index (χ0v) is 10.7. The van der Waals surface area contributed by atoms with Crippen molar-refractivity contribution in [1.29, 1.82) is 0 Å². The van der Waals surface area contributed by atoms with Crippen molar-refractivity contribution in [2.45, 2.75) is 19.8 Å². The van der Waals surface area contributed by atoms with Crippen LogP contribution in [-0.2, 0) is 4.79 Å². The average molecular weight is 246 g/mol. The summed E-state index contributed by atoms with van der Waals surface area (Å²) in [6.45, 7) is 4.71. The monoisotopic (exact) mass is 246 g/mol. The molecule has 0 unspecified atom stereocenters. The van der Waals surface area contributed by atoms with Gasteiger partial charge < -0.3 is 10.1 Å². The average Bonchev–Trinajstić information content (AvgIpc) is 2.84. The highest BCUT2D eigenvalue weighted by molar-refractivity contribution is 5.86. The number of likely N-dealkylation sites (tertiary alicyclic amines) is 1. The van der Waals surface area contributed by atoms with Gasteiger partial charge in [0.25, 0.3) is 0 Å². The van der Waals surface area contributed by atoms with E-state index in [0.29, 0.717) is 18.8 Å². The number of carbonyl (C=O) groups excluding carboxylic acids is 1. The van der Waals surface area contributed by atoms with Gasteiger partial charge in [0.05, 0.1) is 5.71 Å². The van der Waals surface area contributed by atoms with Crippen LogP contribution in [0.2, 0.25) is 0 Å². The first-order chi connectivity index (χ1) is 8.63. The zero-order chi connectivity index (χ0) is 13.1. The van der Waals surface area contributed by atoms with Gasteiger partial charge in [-0.05, 0) is 12.5 Å². The third-order valence-electron chi connectivity index (χ3n) is 3.69. The van der Waals surface area contributed by atoms with Crippen LogP contribution in [0, 0.1) is 5.92 Å². The summed E-state index contributed by atoms with van der Waals surface area (Å²) < 4.78 is 0. The topological polar surface area (TPSA) is 52.9 Å². The molecule has 1 aromatic carbocycles. The Labute approximate surface area is 107 Å². The third kappa shape index (κ3) is 2.37. The Kier molecular flexibility index (Phi) is 3.65. The first kappa shape index (κ1) is 12.6. The lowest BCUT2D eigenvalue weighted by Crippen LogP contribution is -2.27. The predicted octanol–water partition coefficient (Wildman–Crippen LogP) is 2.10. The van der Waals surface area contributed by atoms with E-state index in [1.165, 1.54) is 5.56 Å². The number of nitrogens with zero attached hydrogens (tertiary/aromatic N) is 2. The van der Waals surface area contributed by atoms with E-state index in [0.717, 1.165) is 0 Å². The van der Waals surface area contributed by atoms with Crippen molar-refractivity contribution in [3.05, 3.63) is 35.9 Å². The summed E-state index contributed by atoms with van der Waals surface area (Å²) >= 11 is 0. The summed E-state index contributed by atoms with van der Waals surface area (Å²) in [5.41, 5.74) is 1.88. The maximum atomic E-state index is 11.5. The summed E-state index contributed by atoms with van der Waals surface area (Å²) in [6, 6.07) is 10.1. The van der Waals surface area contributed by atoms with Gasteiger partial charge in [-0.3, -0.25) is 4.79 Å². The molecule has 1 heterocycles. The molecule has 2 atom stereocenters. The number of rotatable bonds is 2. The third-order valence-corrected chi connectivity index (χ3v) is 3.69. The van der Waals surface area contributed by atoms with Crippen LogP contribution in [0.25, 0.3) is 0 Å². The molecule has 18 heavy (non-hydrogen) atoms. The van der Waals surface area contributed by atoms with Crippen molar-refractivity contribution in [3.8, 4) is 0 Å². The molecule has 0 bridgehead atoms. The quantitative estimate of drug-likeness (QED) is 0.493. The highest BCUT2D eigenvalue weighted by atomic mass is 16.4. The van der Waals surface area contributed by atoms with Gasteiger partial charge in [-0.25, -0.2) is 0 Å². The fraction of sp³-hybridized carbons (Fsp3) is 0.429. The first-order valence-corrected chi connectivity index (χ1v) is 6.12. The van der Waals surface area contributed by atoms with Gasteiger partial charge in [-0.2, -0.15) is 0 Å².